The summed E-state index contributed by atoms with van der Waals surface area (Å²) in [7, 11) is 0. The summed E-state index contributed by atoms with van der Waals surface area (Å²) in [5, 5.41) is 19.7. The van der Waals surface area contributed by atoms with E-state index in [1.54, 1.807) is 12.1 Å². The molecule has 1 atom stereocenters. The minimum atomic E-state index is -0.893. The molecule has 2 aromatic carbocycles. The summed E-state index contributed by atoms with van der Waals surface area (Å²) in [6.07, 6.45) is 0.203. The van der Waals surface area contributed by atoms with Crippen LogP contribution in [0.5, 0.6) is 11.5 Å². The van der Waals surface area contributed by atoms with E-state index in [2.05, 4.69) is 0 Å². The molecule has 0 amide bonds. The van der Waals surface area contributed by atoms with Crippen LogP contribution in [0.1, 0.15) is 5.56 Å². The Labute approximate surface area is 126 Å². The lowest BCUT2D eigenvalue weighted by Gasteiger charge is -2.11. The molecule has 0 spiro atoms. The standard InChI is InChI=1S/C15H14N2O5/c16-14(9-10-1-3-11(4-2-10)17(20)21)15(19)22-13-7-5-12(18)6-8-13/h1-8,14,18H,9,16H2. The first kappa shape index (κ1) is 15.5. The Hall–Kier alpha value is -2.93. The summed E-state index contributed by atoms with van der Waals surface area (Å²) >= 11 is 0. The van der Waals surface area contributed by atoms with Crippen molar-refractivity contribution in [1.82, 2.24) is 0 Å². The van der Waals surface area contributed by atoms with E-state index in [0.717, 1.165) is 0 Å². The number of ether oxygens (including phenoxy) is 1. The van der Waals surface area contributed by atoms with Gasteiger partial charge in [0.15, 0.2) is 0 Å². The molecule has 0 aliphatic carbocycles. The lowest BCUT2D eigenvalue weighted by Crippen LogP contribution is -2.36. The minimum Gasteiger partial charge on any atom is -0.508 e. The minimum absolute atomic E-state index is 0.0241. The van der Waals surface area contributed by atoms with Gasteiger partial charge >= 0.3 is 5.97 Å². The number of rotatable bonds is 5. The van der Waals surface area contributed by atoms with E-state index in [9.17, 15) is 14.9 Å². The van der Waals surface area contributed by atoms with Gasteiger partial charge in [0.05, 0.1) is 4.92 Å². The highest BCUT2D eigenvalue weighted by Crippen LogP contribution is 2.17. The fourth-order valence-electron chi connectivity index (χ4n) is 1.80. The molecule has 22 heavy (non-hydrogen) atoms. The summed E-state index contributed by atoms with van der Waals surface area (Å²) in [4.78, 5) is 21.9. The van der Waals surface area contributed by atoms with Crippen molar-refractivity contribution < 1.29 is 19.6 Å². The molecule has 7 heteroatoms. The van der Waals surface area contributed by atoms with Gasteiger partial charge in [0.1, 0.15) is 17.5 Å². The summed E-state index contributed by atoms with van der Waals surface area (Å²) < 4.78 is 5.08. The number of carbonyl (C=O) groups excluding carboxylic acids is 1. The highest BCUT2D eigenvalue weighted by atomic mass is 16.6. The molecule has 0 saturated heterocycles. The largest absolute Gasteiger partial charge is 0.508 e. The molecule has 0 aromatic heterocycles. The van der Waals surface area contributed by atoms with Crippen molar-refractivity contribution in [2.45, 2.75) is 12.5 Å². The third-order valence-corrected chi connectivity index (χ3v) is 2.96. The zero-order valence-corrected chi connectivity index (χ0v) is 11.5. The summed E-state index contributed by atoms with van der Waals surface area (Å²) in [5.74, 6) is -0.277. The number of esters is 1. The van der Waals surface area contributed by atoms with Gasteiger partial charge in [-0.05, 0) is 36.2 Å². The van der Waals surface area contributed by atoms with Gasteiger partial charge in [-0.3, -0.25) is 10.1 Å². The van der Waals surface area contributed by atoms with Crippen LogP contribution in [0, 0.1) is 10.1 Å². The number of nitrogens with two attached hydrogens (primary N) is 1. The molecule has 7 nitrogen and oxygen atoms in total. The molecule has 2 rings (SSSR count). The van der Waals surface area contributed by atoms with Crippen LogP contribution in [0.15, 0.2) is 48.5 Å². The van der Waals surface area contributed by atoms with Crippen LogP contribution < -0.4 is 10.5 Å². The van der Waals surface area contributed by atoms with Gasteiger partial charge in [-0.2, -0.15) is 0 Å². The number of non-ortho nitro benzene ring substituents is 1. The fraction of sp³-hybridized carbons (Fsp3) is 0.133. The highest BCUT2D eigenvalue weighted by molar-refractivity contribution is 5.78. The zero-order chi connectivity index (χ0) is 16.1. The molecular formula is C15H14N2O5. The zero-order valence-electron chi connectivity index (χ0n) is 11.5. The van der Waals surface area contributed by atoms with Crippen molar-refractivity contribution in [3.05, 3.63) is 64.2 Å². The van der Waals surface area contributed by atoms with E-state index >= 15 is 0 Å². The molecule has 0 heterocycles. The lowest BCUT2D eigenvalue weighted by atomic mass is 10.1. The topological polar surface area (TPSA) is 116 Å². The Balaban J connectivity index is 1.95. The van der Waals surface area contributed by atoms with Crippen molar-refractivity contribution in [1.29, 1.82) is 0 Å². The monoisotopic (exact) mass is 302 g/mol. The fourth-order valence-corrected chi connectivity index (χ4v) is 1.80. The average Bonchev–Trinajstić information content (AvgIpc) is 2.50. The second-order valence-electron chi connectivity index (χ2n) is 4.65. The van der Waals surface area contributed by atoms with Crippen LogP contribution in [0.3, 0.4) is 0 Å². The Morgan fingerprint density at radius 3 is 2.32 bits per heavy atom. The Morgan fingerprint density at radius 2 is 1.77 bits per heavy atom. The Kier molecular flexibility index (Phi) is 4.70. The van der Waals surface area contributed by atoms with Gasteiger partial charge < -0.3 is 15.6 Å². The number of nitrogens with zero attached hydrogens (tertiary/aromatic N) is 1. The Morgan fingerprint density at radius 1 is 1.18 bits per heavy atom. The van der Waals surface area contributed by atoms with E-state index in [1.807, 2.05) is 0 Å². The number of phenolic OH excluding ortho intramolecular Hbond substituents is 1. The second-order valence-corrected chi connectivity index (χ2v) is 4.65. The number of carbonyl (C=O) groups is 1. The van der Waals surface area contributed by atoms with Gasteiger partial charge in [0.25, 0.3) is 5.69 Å². The molecule has 0 saturated carbocycles. The van der Waals surface area contributed by atoms with Crippen molar-refractivity contribution in [2.75, 3.05) is 0 Å². The number of nitro benzene ring substituents is 1. The van der Waals surface area contributed by atoms with Gasteiger partial charge in [0.2, 0.25) is 0 Å². The van der Waals surface area contributed by atoms with Crippen molar-refractivity contribution in [3.63, 3.8) is 0 Å². The van der Waals surface area contributed by atoms with Crippen LogP contribution in [0.25, 0.3) is 0 Å². The van der Waals surface area contributed by atoms with E-state index < -0.39 is 16.9 Å². The number of aromatic hydroxyl groups is 1. The Bertz CT molecular complexity index is 667. The lowest BCUT2D eigenvalue weighted by molar-refractivity contribution is -0.384. The quantitative estimate of drug-likeness (QED) is 0.376. The smallest absolute Gasteiger partial charge is 0.328 e. The number of benzene rings is 2. The SMILES string of the molecule is NC(Cc1ccc([N+](=O)[O-])cc1)C(=O)Oc1ccc(O)cc1. The molecule has 0 aliphatic heterocycles. The molecule has 0 fully saturated rings. The van der Waals surface area contributed by atoms with Gasteiger partial charge in [0, 0.05) is 12.1 Å². The molecule has 2 aromatic rings. The van der Waals surface area contributed by atoms with Gasteiger partial charge in [-0.15, -0.1) is 0 Å². The van der Waals surface area contributed by atoms with Gasteiger partial charge in [-0.25, -0.2) is 4.79 Å². The van der Waals surface area contributed by atoms with Crippen LogP contribution >= 0.6 is 0 Å². The second kappa shape index (κ2) is 6.68. The molecule has 114 valence electrons. The van der Waals surface area contributed by atoms with Crippen LogP contribution in [-0.4, -0.2) is 22.0 Å². The van der Waals surface area contributed by atoms with E-state index in [4.69, 9.17) is 15.6 Å². The normalized spacial score (nSPS) is 11.7. The molecule has 3 N–H and O–H groups in total. The summed E-state index contributed by atoms with van der Waals surface area (Å²) in [6, 6.07) is 10.6. The maximum atomic E-state index is 11.9. The van der Waals surface area contributed by atoms with Crippen molar-refractivity contribution in [3.8, 4) is 11.5 Å². The predicted molar refractivity (Wildman–Crippen MR) is 78.5 cm³/mol. The first-order chi connectivity index (χ1) is 10.5. The first-order valence-corrected chi connectivity index (χ1v) is 6.45. The number of nitro groups is 1. The molecule has 1 unspecified atom stereocenters. The third kappa shape index (κ3) is 4.03. The summed E-state index contributed by atoms with van der Waals surface area (Å²) in [5.41, 5.74) is 6.44. The van der Waals surface area contributed by atoms with Crippen LogP contribution in [0.2, 0.25) is 0 Å². The molecule has 0 radical (unpaired) electrons. The van der Waals surface area contributed by atoms with Gasteiger partial charge in [-0.1, -0.05) is 12.1 Å². The van der Waals surface area contributed by atoms with Crippen LogP contribution in [-0.2, 0) is 11.2 Å². The summed E-state index contributed by atoms with van der Waals surface area (Å²) in [6.45, 7) is 0. The maximum Gasteiger partial charge on any atom is 0.328 e. The molecule has 0 aliphatic rings. The molecular weight excluding hydrogens is 288 g/mol. The van der Waals surface area contributed by atoms with E-state index in [-0.39, 0.29) is 23.6 Å². The average molecular weight is 302 g/mol. The van der Waals surface area contributed by atoms with E-state index in [0.29, 0.717) is 5.56 Å². The predicted octanol–water partition coefficient (Wildman–Crippen LogP) is 1.78. The molecule has 0 bridgehead atoms. The maximum absolute atomic E-state index is 11.9. The third-order valence-electron chi connectivity index (χ3n) is 2.96. The number of hydrogen-bond donors (Lipinski definition) is 2. The number of phenols is 1. The number of hydrogen-bond acceptors (Lipinski definition) is 6. The highest BCUT2D eigenvalue weighted by Gasteiger charge is 2.17. The van der Waals surface area contributed by atoms with E-state index in [1.165, 1.54) is 36.4 Å². The van der Waals surface area contributed by atoms with Crippen molar-refractivity contribution in [2.24, 2.45) is 5.73 Å². The first-order valence-electron chi connectivity index (χ1n) is 6.45. The van der Waals surface area contributed by atoms with Crippen LogP contribution in [0.4, 0.5) is 5.69 Å². The van der Waals surface area contributed by atoms with Crippen molar-refractivity contribution >= 4 is 11.7 Å².